The number of hydrogen-bond donors (Lipinski definition) is 1. The van der Waals surface area contributed by atoms with Gasteiger partial charge in [0.05, 0.1) is 31.7 Å². The Bertz CT molecular complexity index is 1130. The van der Waals surface area contributed by atoms with Gasteiger partial charge in [-0.2, -0.15) is 5.10 Å². The van der Waals surface area contributed by atoms with Crippen LogP contribution in [0.2, 0.25) is 0 Å². The Morgan fingerprint density at radius 1 is 1.07 bits per heavy atom. The molecule has 1 aliphatic heterocycles. The molecule has 6 heteroatoms. The molecule has 0 aliphatic carbocycles. The van der Waals surface area contributed by atoms with Crippen LogP contribution in [0, 0.1) is 0 Å². The van der Waals surface area contributed by atoms with Crippen LogP contribution in [0.1, 0.15) is 33.4 Å². The van der Waals surface area contributed by atoms with Gasteiger partial charge < -0.3 is 14.1 Å². The fourth-order valence-electron chi connectivity index (χ4n) is 3.88. The molecule has 2 aromatic carbocycles. The molecule has 0 saturated heterocycles. The number of nitrogens with zero attached hydrogens (tertiary/aromatic N) is 2. The summed E-state index contributed by atoms with van der Waals surface area (Å²) in [6.45, 7) is 0.385. The van der Waals surface area contributed by atoms with E-state index in [2.05, 4.69) is 10.2 Å². The number of hydrogen-bond acceptors (Lipinski definition) is 4. The summed E-state index contributed by atoms with van der Waals surface area (Å²) in [5.41, 5.74) is 4.14. The van der Waals surface area contributed by atoms with Gasteiger partial charge in [0.25, 0.3) is 5.91 Å². The molecule has 4 aromatic rings. The van der Waals surface area contributed by atoms with E-state index in [4.69, 9.17) is 9.15 Å². The monoisotopic (exact) mass is 385 g/mol. The summed E-state index contributed by atoms with van der Waals surface area (Å²) in [5.74, 6) is 1.43. The third kappa shape index (κ3) is 2.89. The van der Waals surface area contributed by atoms with Crippen molar-refractivity contribution in [2.24, 2.45) is 0 Å². The first-order valence-corrected chi connectivity index (χ1v) is 9.37. The second-order valence-electron chi connectivity index (χ2n) is 6.92. The standard InChI is InChI=1S/C23H19N3O3/c1-28-17-11-9-15(10-12-17)20-19-21(25-24-20)23(27)26(14-18-8-5-13-29-18)22(19)16-6-3-2-4-7-16/h2-13,22H,14H2,1H3,(H,24,25). The van der Waals surface area contributed by atoms with E-state index in [0.29, 0.717) is 12.2 Å². The van der Waals surface area contributed by atoms with Crippen molar-refractivity contribution >= 4 is 5.91 Å². The number of amides is 1. The maximum absolute atomic E-state index is 13.2. The Labute approximate surface area is 167 Å². The molecule has 1 aliphatic rings. The van der Waals surface area contributed by atoms with Crippen LogP contribution in [-0.2, 0) is 6.54 Å². The summed E-state index contributed by atoms with van der Waals surface area (Å²) in [5, 5.41) is 7.45. The van der Waals surface area contributed by atoms with Gasteiger partial charge in [0.2, 0.25) is 0 Å². The highest BCUT2D eigenvalue weighted by Crippen LogP contribution is 2.43. The van der Waals surface area contributed by atoms with Gasteiger partial charge in [-0.05, 0) is 42.0 Å². The SMILES string of the molecule is COc1ccc(-c2n[nH]c3c2C(c2ccccc2)N(Cc2ccco2)C3=O)cc1. The summed E-state index contributed by atoms with van der Waals surface area (Å²) in [7, 11) is 1.64. The number of nitrogens with one attached hydrogen (secondary N) is 1. The molecule has 29 heavy (non-hydrogen) atoms. The second kappa shape index (κ2) is 6.98. The first kappa shape index (κ1) is 17.3. The molecule has 0 spiro atoms. The maximum Gasteiger partial charge on any atom is 0.273 e. The highest BCUT2D eigenvalue weighted by Gasteiger charge is 2.42. The molecule has 144 valence electrons. The number of methoxy groups -OCH3 is 1. The fourth-order valence-corrected chi connectivity index (χ4v) is 3.88. The van der Waals surface area contributed by atoms with Gasteiger partial charge in [-0.3, -0.25) is 9.89 Å². The van der Waals surface area contributed by atoms with E-state index >= 15 is 0 Å². The highest BCUT2D eigenvalue weighted by atomic mass is 16.5. The third-order valence-electron chi connectivity index (χ3n) is 5.25. The predicted molar refractivity (Wildman–Crippen MR) is 107 cm³/mol. The Hall–Kier alpha value is -3.80. The topological polar surface area (TPSA) is 71.4 Å². The van der Waals surface area contributed by atoms with Crippen LogP contribution in [0.25, 0.3) is 11.3 Å². The zero-order valence-electron chi connectivity index (χ0n) is 15.8. The molecule has 1 unspecified atom stereocenters. The minimum absolute atomic E-state index is 0.0856. The van der Waals surface area contributed by atoms with Crippen molar-refractivity contribution in [1.29, 1.82) is 0 Å². The van der Waals surface area contributed by atoms with E-state index < -0.39 is 0 Å². The van der Waals surface area contributed by atoms with Gasteiger partial charge in [0, 0.05) is 11.1 Å². The summed E-state index contributed by atoms with van der Waals surface area (Å²) < 4.78 is 10.8. The summed E-state index contributed by atoms with van der Waals surface area (Å²) in [6, 6.07) is 21.2. The number of H-pyrrole nitrogens is 1. The first-order valence-electron chi connectivity index (χ1n) is 9.37. The summed E-state index contributed by atoms with van der Waals surface area (Å²) >= 11 is 0. The van der Waals surface area contributed by atoms with Crippen molar-refractivity contribution in [2.45, 2.75) is 12.6 Å². The van der Waals surface area contributed by atoms with E-state index in [1.165, 1.54) is 0 Å². The molecule has 1 amide bonds. The lowest BCUT2D eigenvalue weighted by molar-refractivity contribution is 0.0717. The van der Waals surface area contributed by atoms with E-state index in [0.717, 1.165) is 33.9 Å². The van der Waals surface area contributed by atoms with Gasteiger partial charge in [0.15, 0.2) is 0 Å². The van der Waals surface area contributed by atoms with Crippen LogP contribution in [0.5, 0.6) is 5.75 Å². The van der Waals surface area contributed by atoms with Crippen LogP contribution >= 0.6 is 0 Å². The number of fused-ring (bicyclic) bond motifs is 1. The highest BCUT2D eigenvalue weighted by molar-refractivity contribution is 6.00. The molecule has 0 saturated carbocycles. The van der Waals surface area contributed by atoms with Gasteiger partial charge in [-0.25, -0.2) is 0 Å². The van der Waals surface area contributed by atoms with Gasteiger partial charge in [-0.15, -0.1) is 0 Å². The lowest BCUT2D eigenvalue weighted by Gasteiger charge is -2.25. The first-order chi connectivity index (χ1) is 14.3. The van der Waals surface area contributed by atoms with Gasteiger partial charge in [0.1, 0.15) is 17.2 Å². The van der Waals surface area contributed by atoms with Crippen LogP contribution in [-0.4, -0.2) is 28.1 Å². The second-order valence-corrected chi connectivity index (χ2v) is 6.92. The van der Waals surface area contributed by atoms with E-state index in [1.807, 2.05) is 71.6 Å². The third-order valence-corrected chi connectivity index (χ3v) is 5.25. The number of ether oxygens (including phenoxy) is 1. The lowest BCUT2D eigenvalue weighted by Crippen LogP contribution is -2.28. The predicted octanol–water partition coefficient (Wildman–Crippen LogP) is 4.42. The van der Waals surface area contributed by atoms with Crippen molar-refractivity contribution in [3.8, 4) is 17.0 Å². The minimum Gasteiger partial charge on any atom is -0.497 e. The Balaban J connectivity index is 1.63. The van der Waals surface area contributed by atoms with Crippen molar-refractivity contribution in [1.82, 2.24) is 15.1 Å². The van der Waals surface area contributed by atoms with E-state index in [-0.39, 0.29) is 11.9 Å². The Kier molecular flexibility index (Phi) is 4.17. The average Bonchev–Trinajstić information content (AvgIpc) is 3.49. The number of rotatable bonds is 5. The van der Waals surface area contributed by atoms with Crippen LogP contribution < -0.4 is 4.74 Å². The Morgan fingerprint density at radius 2 is 1.86 bits per heavy atom. The molecule has 1 atom stereocenters. The quantitative estimate of drug-likeness (QED) is 0.552. The van der Waals surface area contributed by atoms with Crippen LogP contribution in [0.15, 0.2) is 77.4 Å². The zero-order chi connectivity index (χ0) is 19.8. The molecule has 6 nitrogen and oxygen atoms in total. The molecule has 0 radical (unpaired) electrons. The van der Waals surface area contributed by atoms with Crippen molar-refractivity contribution < 1.29 is 13.9 Å². The molecular formula is C23H19N3O3. The Morgan fingerprint density at radius 3 is 2.55 bits per heavy atom. The number of benzene rings is 2. The summed E-state index contributed by atoms with van der Waals surface area (Å²) in [6.07, 6.45) is 1.62. The molecule has 0 fully saturated rings. The van der Waals surface area contributed by atoms with Gasteiger partial charge >= 0.3 is 0 Å². The number of carbonyl (C=O) groups is 1. The summed E-state index contributed by atoms with van der Waals surface area (Å²) in [4.78, 5) is 15.1. The van der Waals surface area contributed by atoms with E-state index in [9.17, 15) is 4.79 Å². The lowest BCUT2D eigenvalue weighted by atomic mass is 9.96. The maximum atomic E-state index is 13.2. The largest absolute Gasteiger partial charge is 0.497 e. The average molecular weight is 385 g/mol. The molecule has 0 bridgehead atoms. The van der Waals surface area contributed by atoms with Crippen molar-refractivity contribution in [3.63, 3.8) is 0 Å². The minimum atomic E-state index is -0.250. The fraction of sp³-hybridized carbons (Fsp3) is 0.130. The van der Waals surface area contributed by atoms with Crippen molar-refractivity contribution in [3.05, 3.63) is 95.6 Å². The molecular weight excluding hydrogens is 366 g/mol. The normalized spacial score (nSPS) is 15.6. The van der Waals surface area contributed by atoms with Crippen LogP contribution in [0.4, 0.5) is 0 Å². The van der Waals surface area contributed by atoms with Crippen LogP contribution in [0.3, 0.4) is 0 Å². The number of aromatic amines is 1. The van der Waals surface area contributed by atoms with Crippen molar-refractivity contribution in [2.75, 3.05) is 7.11 Å². The molecule has 5 rings (SSSR count). The smallest absolute Gasteiger partial charge is 0.273 e. The number of carbonyl (C=O) groups excluding carboxylic acids is 1. The van der Waals surface area contributed by atoms with E-state index in [1.54, 1.807) is 13.4 Å². The molecule has 3 heterocycles. The number of furan rings is 1. The van der Waals surface area contributed by atoms with Gasteiger partial charge in [-0.1, -0.05) is 30.3 Å². The molecule has 1 N–H and O–H groups in total. The number of aromatic nitrogens is 2. The molecule has 2 aromatic heterocycles. The zero-order valence-corrected chi connectivity index (χ0v) is 15.8.